The van der Waals surface area contributed by atoms with Crippen molar-refractivity contribution in [3.8, 4) is 0 Å². The van der Waals surface area contributed by atoms with Crippen molar-refractivity contribution in [1.82, 2.24) is 4.98 Å². The Hall–Kier alpha value is -1.27. The standard InChI is InChI=1S/C9H9N3OS2/c10-8(12-13)5-14-9-11-6-3-1-2-4-7(6)15-9/h1-4,13H,5H2,(H2,10,12)/p+1. The topological polar surface area (TPSA) is 73.1 Å². The molecular weight excluding hydrogens is 230 g/mol. The summed E-state index contributed by atoms with van der Waals surface area (Å²) >= 11 is 3.13. The first kappa shape index (κ1) is 10.3. The maximum Gasteiger partial charge on any atom is 0.289 e. The van der Waals surface area contributed by atoms with Crippen LogP contribution in [0, 0.1) is 0 Å². The Morgan fingerprint density at radius 2 is 2.33 bits per heavy atom. The molecule has 78 valence electrons. The fraction of sp³-hybridized carbons (Fsp3) is 0.111. The van der Waals surface area contributed by atoms with Gasteiger partial charge in [0.15, 0.2) is 4.34 Å². The van der Waals surface area contributed by atoms with E-state index >= 15 is 0 Å². The van der Waals surface area contributed by atoms with E-state index in [1.54, 1.807) is 11.3 Å². The van der Waals surface area contributed by atoms with E-state index in [1.807, 2.05) is 29.4 Å². The number of aromatic nitrogens is 1. The molecule has 4 nitrogen and oxygen atoms in total. The zero-order valence-electron chi connectivity index (χ0n) is 7.80. The van der Waals surface area contributed by atoms with Crippen LogP contribution in [0.1, 0.15) is 0 Å². The third-order valence-electron chi connectivity index (χ3n) is 1.77. The van der Waals surface area contributed by atoms with Crippen LogP contribution < -0.4 is 10.9 Å². The SMILES string of the molecule is NC(CSc1nc2ccccc2s1)=[NH+]O. The first-order chi connectivity index (χ1) is 7.29. The first-order valence-electron chi connectivity index (χ1n) is 4.29. The molecule has 0 unspecified atom stereocenters. The average Bonchev–Trinajstić information content (AvgIpc) is 2.68. The fourth-order valence-corrected chi connectivity index (χ4v) is 2.97. The van der Waals surface area contributed by atoms with Crippen LogP contribution in [0.25, 0.3) is 10.2 Å². The van der Waals surface area contributed by atoms with Crippen LogP contribution in [0.2, 0.25) is 0 Å². The van der Waals surface area contributed by atoms with Gasteiger partial charge >= 0.3 is 0 Å². The summed E-state index contributed by atoms with van der Waals surface area (Å²) in [5, 5.41) is 10.4. The number of nitrogens with one attached hydrogen (secondary N) is 1. The number of nitrogens with two attached hydrogens (primary N) is 1. The molecule has 0 saturated heterocycles. The molecule has 2 rings (SSSR count). The highest BCUT2D eigenvalue weighted by Crippen LogP contribution is 2.28. The molecule has 1 aromatic carbocycles. The van der Waals surface area contributed by atoms with E-state index < -0.39 is 0 Å². The van der Waals surface area contributed by atoms with Crippen molar-refractivity contribution in [2.24, 2.45) is 5.73 Å². The number of rotatable bonds is 3. The van der Waals surface area contributed by atoms with Crippen molar-refractivity contribution in [3.63, 3.8) is 0 Å². The number of benzene rings is 1. The molecule has 0 aliphatic heterocycles. The van der Waals surface area contributed by atoms with Gasteiger partial charge in [-0.1, -0.05) is 29.1 Å². The summed E-state index contributed by atoms with van der Waals surface area (Å²) in [4.78, 5) is 4.42. The minimum atomic E-state index is 0.333. The molecule has 15 heavy (non-hydrogen) atoms. The lowest BCUT2D eigenvalue weighted by atomic mass is 10.3. The van der Waals surface area contributed by atoms with Gasteiger partial charge in [-0.25, -0.2) is 4.98 Å². The minimum absolute atomic E-state index is 0.333. The monoisotopic (exact) mass is 240 g/mol. The van der Waals surface area contributed by atoms with Gasteiger partial charge in [-0.3, -0.25) is 5.73 Å². The summed E-state index contributed by atoms with van der Waals surface area (Å²) in [7, 11) is 0. The molecule has 0 saturated carbocycles. The Labute approximate surface area is 94.8 Å². The third-order valence-corrected chi connectivity index (χ3v) is 4.00. The number of amidine groups is 1. The Morgan fingerprint density at radius 1 is 1.53 bits per heavy atom. The lowest BCUT2D eigenvalue weighted by Crippen LogP contribution is -2.72. The quantitative estimate of drug-likeness (QED) is 0.236. The number of thioether (sulfide) groups is 1. The molecule has 0 aliphatic carbocycles. The second-order valence-electron chi connectivity index (χ2n) is 2.87. The maximum atomic E-state index is 8.51. The molecule has 4 N–H and O–H groups in total. The number of para-hydroxylation sites is 1. The second-order valence-corrected chi connectivity index (χ2v) is 5.13. The van der Waals surface area contributed by atoms with Gasteiger partial charge in [0, 0.05) is 0 Å². The molecule has 0 radical (unpaired) electrons. The zero-order valence-corrected chi connectivity index (χ0v) is 9.44. The van der Waals surface area contributed by atoms with Gasteiger partial charge in [-0.05, 0) is 12.1 Å². The Morgan fingerprint density at radius 3 is 3.07 bits per heavy atom. The van der Waals surface area contributed by atoms with Crippen LogP contribution in [0.3, 0.4) is 0 Å². The van der Waals surface area contributed by atoms with E-state index in [0.29, 0.717) is 11.6 Å². The summed E-state index contributed by atoms with van der Waals surface area (Å²) in [6.45, 7) is 0. The van der Waals surface area contributed by atoms with Crippen LogP contribution in [-0.2, 0) is 0 Å². The summed E-state index contributed by atoms with van der Waals surface area (Å²) in [6, 6.07) is 7.97. The Kier molecular flexibility index (Phi) is 3.08. The van der Waals surface area contributed by atoms with E-state index in [0.717, 1.165) is 14.6 Å². The van der Waals surface area contributed by atoms with E-state index in [4.69, 9.17) is 10.9 Å². The highest BCUT2D eigenvalue weighted by Gasteiger charge is 2.06. The molecule has 2 aromatic rings. The molecule has 1 aromatic heterocycles. The number of hydrogen-bond donors (Lipinski definition) is 3. The van der Waals surface area contributed by atoms with Crippen molar-refractivity contribution in [3.05, 3.63) is 24.3 Å². The Balaban J connectivity index is 2.15. The van der Waals surface area contributed by atoms with Gasteiger partial charge in [0.25, 0.3) is 5.84 Å². The molecule has 0 spiro atoms. The highest BCUT2D eigenvalue weighted by atomic mass is 32.2. The number of fused-ring (bicyclic) bond motifs is 1. The molecule has 0 amide bonds. The molecule has 0 aliphatic rings. The Bertz CT molecular complexity index is 462. The van der Waals surface area contributed by atoms with E-state index in [9.17, 15) is 0 Å². The molecule has 0 bridgehead atoms. The summed E-state index contributed by atoms with van der Waals surface area (Å²) < 4.78 is 2.12. The largest absolute Gasteiger partial charge is 0.357 e. The third kappa shape index (κ3) is 2.40. The van der Waals surface area contributed by atoms with Crippen molar-refractivity contribution >= 4 is 39.2 Å². The minimum Gasteiger partial charge on any atom is -0.357 e. The van der Waals surface area contributed by atoms with Crippen LogP contribution in [0.4, 0.5) is 0 Å². The fourth-order valence-electron chi connectivity index (χ4n) is 1.08. The van der Waals surface area contributed by atoms with Crippen molar-refractivity contribution in [2.75, 3.05) is 5.75 Å². The molecule has 0 atom stereocenters. The normalized spacial score (nSPS) is 12.1. The van der Waals surface area contributed by atoms with E-state index in [2.05, 4.69) is 4.98 Å². The summed E-state index contributed by atoms with van der Waals surface area (Å²) in [5.74, 6) is 0.843. The number of hydrogen-bond acceptors (Lipinski definition) is 4. The smallest absolute Gasteiger partial charge is 0.289 e. The van der Waals surface area contributed by atoms with Gasteiger partial charge in [-0.15, -0.1) is 11.3 Å². The molecular formula is C9H10N3OS2+. The van der Waals surface area contributed by atoms with Gasteiger partial charge in [-0.2, -0.15) is 0 Å². The first-order valence-corrected chi connectivity index (χ1v) is 6.09. The molecule has 1 heterocycles. The van der Waals surface area contributed by atoms with Crippen LogP contribution in [-0.4, -0.2) is 21.8 Å². The van der Waals surface area contributed by atoms with Crippen molar-refractivity contribution in [2.45, 2.75) is 4.34 Å². The highest BCUT2D eigenvalue weighted by molar-refractivity contribution is 8.01. The van der Waals surface area contributed by atoms with Crippen molar-refractivity contribution in [1.29, 1.82) is 0 Å². The lowest BCUT2D eigenvalue weighted by Gasteiger charge is -1.89. The molecule has 0 fully saturated rings. The number of thiazole rings is 1. The van der Waals surface area contributed by atoms with Gasteiger partial charge < -0.3 is 5.21 Å². The maximum absolute atomic E-state index is 8.51. The van der Waals surface area contributed by atoms with Crippen LogP contribution in [0.15, 0.2) is 28.6 Å². The molecule has 6 heteroatoms. The predicted octanol–water partition coefficient (Wildman–Crippen LogP) is 0.215. The van der Waals surface area contributed by atoms with E-state index in [1.165, 1.54) is 11.8 Å². The van der Waals surface area contributed by atoms with Crippen LogP contribution in [0.5, 0.6) is 0 Å². The van der Waals surface area contributed by atoms with Crippen LogP contribution >= 0.6 is 23.1 Å². The summed E-state index contributed by atoms with van der Waals surface area (Å²) in [6.07, 6.45) is 0. The second kappa shape index (κ2) is 4.50. The van der Waals surface area contributed by atoms with E-state index in [-0.39, 0.29) is 0 Å². The lowest BCUT2D eigenvalue weighted by molar-refractivity contribution is -0.738. The summed E-state index contributed by atoms with van der Waals surface area (Å²) in [5.41, 5.74) is 6.43. The van der Waals surface area contributed by atoms with Crippen molar-refractivity contribution < 1.29 is 10.4 Å². The van der Waals surface area contributed by atoms with Gasteiger partial charge in [0.2, 0.25) is 0 Å². The average molecular weight is 240 g/mol. The van der Waals surface area contributed by atoms with Gasteiger partial charge in [0.1, 0.15) is 5.75 Å². The van der Waals surface area contributed by atoms with Gasteiger partial charge in [0.05, 0.1) is 10.2 Å². The predicted molar refractivity (Wildman–Crippen MR) is 62.3 cm³/mol. The zero-order chi connectivity index (χ0) is 10.7. The number of nitrogens with zero attached hydrogens (tertiary/aromatic N) is 1.